The van der Waals surface area contributed by atoms with E-state index in [0.29, 0.717) is 45.5 Å². The van der Waals surface area contributed by atoms with Gasteiger partial charge in [0.05, 0.1) is 43.4 Å². The Balaban J connectivity index is 0.000000202. The number of rotatable bonds is 45. The molecule has 0 bridgehead atoms. The number of thiophene rings is 7. The molecule has 15 heteroatoms. The highest BCUT2D eigenvalue weighted by Gasteiger charge is 2.54. The maximum Gasteiger partial charge on any atom is 0.267 e. The Morgan fingerprint density at radius 3 is 1.05 bits per heavy atom. The van der Waals surface area contributed by atoms with Gasteiger partial charge in [0.2, 0.25) is 0 Å². The highest BCUT2D eigenvalue weighted by atomic mass is 32.1. The third-order valence-electron chi connectivity index (χ3n) is 25.9. The maximum atomic E-state index is 14.5. The van der Waals surface area contributed by atoms with E-state index < -0.39 is 16.1 Å². The van der Waals surface area contributed by atoms with Crippen LogP contribution in [-0.4, -0.2) is 39.8 Å². The van der Waals surface area contributed by atoms with E-state index in [1.807, 2.05) is 83.5 Å². The number of hydrogen-bond acceptors (Lipinski definition) is 11. The molecular weight excluding hydrogens is 1590 g/mol. The Hall–Kier alpha value is -5.73. The second kappa shape index (κ2) is 41.2. The first kappa shape index (κ1) is 88.1. The predicted octanol–water partition coefficient (Wildman–Crippen LogP) is 28.5. The lowest BCUT2D eigenvalue weighted by Crippen LogP contribution is -2.65. The van der Waals surface area contributed by atoms with Gasteiger partial charge in [0.25, 0.3) is 23.6 Å². The zero-order valence-electron chi connectivity index (χ0n) is 72.1. The van der Waals surface area contributed by atoms with Gasteiger partial charge in [0.1, 0.15) is 0 Å². The first-order valence-electron chi connectivity index (χ1n) is 45.4. The number of benzene rings is 3. The van der Waals surface area contributed by atoms with E-state index in [9.17, 15) is 19.2 Å². The van der Waals surface area contributed by atoms with Crippen molar-refractivity contribution in [1.82, 2.24) is 0 Å². The van der Waals surface area contributed by atoms with Crippen molar-refractivity contribution in [1.29, 1.82) is 0 Å². The van der Waals surface area contributed by atoms with Crippen molar-refractivity contribution < 1.29 is 19.2 Å². The minimum atomic E-state index is -2.43. The molecule has 116 heavy (non-hydrogen) atoms. The Kier molecular flexibility index (Phi) is 31.3. The summed E-state index contributed by atoms with van der Waals surface area (Å²) < 4.78 is 1.62. The molecule has 14 rings (SSSR count). The molecule has 0 fully saturated rings. The van der Waals surface area contributed by atoms with Gasteiger partial charge in [-0.25, -0.2) is 9.80 Å². The Bertz CT molecular complexity index is 4960. The largest absolute Gasteiger partial charge is 0.268 e. The van der Waals surface area contributed by atoms with E-state index in [2.05, 4.69) is 166 Å². The summed E-state index contributed by atoms with van der Waals surface area (Å²) in [4.78, 5) is 76.4. The van der Waals surface area contributed by atoms with Crippen LogP contribution in [0.15, 0.2) is 109 Å². The van der Waals surface area contributed by atoms with Crippen LogP contribution in [0.4, 0.5) is 11.4 Å². The van der Waals surface area contributed by atoms with E-state index in [1.165, 1.54) is 284 Å². The average Bonchev–Trinajstić information content (AvgIpc) is 1.53. The van der Waals surface area contributed by atoms with E-state index in [-0.39, 0.29) is 23.6 Å². The van der Waals surface area contributed by atoms with E-state index in [4.69, 9.17) is 0 Å². The summed E-state index contributed by atoms with van der Waals surface area (Å²) in [5.41, 5.74) is 7.78. The number of fused-ring (bicyclic) bond motifs is 8. The molecule has 6 nitrogen and oxygen atoms in total. The van der Waals surface area contributed by atoms with Gasteiger partial charge in [-0.05, 0) is 200 Å². The molecule has 4 amide bonds. The Morgan fingerprint density at radius 1 is 0.310 bits per heavy atom. The average molecular weight is 1720 g/mol. The minimum Gasteiger partial charge on any atom is -0.268 e. The predicted molar refractivity (Wildman–Crippen MR) is 516 cm³/mol. The standard InChI is InChI=1S/C52H67NO2S3Si.C49H63NO2S4Si/c1-7-11-14-16-18-20-23-39-25-29-41(30-26-39)53-51(54)46-37(6)57-48(47(46)52(53)55)43-34-45-50(58-43)49-44(33-36(5)56-49)59(45,35-38(10-4)22-13-9-3)42-31-27-40(28-32-42)24-21-19-17-15-12-8-2;1-7-11-14-16-18-19-22-36-24-26-37(27-25-36)50-48(51)43-34(6)54-45(44(43)49(50)52)39-31-41-47(56-39)46-40(30-33(5)53-46)57(41,32-35(10-4)21-13-9-3)42-29-28-38(55-42)23-20-17-15-12-8-2/h25-34,38H,7-24,35H2,1-6H3;24-31,35H,7-23,32H2,1-6H3. The van der Waals surface area contributed by atoms with Gasteiger partial charge >= 0.3 is 0 Å². The normalized spacial score (nSPS) is 16.4. The van der Waals surface area contributed by atoms with Gasteiger partial charge in [-0.3, -0.25) is 19.2 Å². The molecule has 0 radical (unpaired) electrons. The van der Waals surface area contributed by atoms with Crippen LogP contribution in [0.2, 0.25) is 12.1 Å². The molecule has 0 saturated heterocycles. The summed E-state index contributed by atoms with van der Waals surface area (Å²) in [7, 11) is -4.80. The number of anilines is 2. The first-order valence-corrected chi connectivity index (χ1v) is 55.6. The van der Waals surface area contributed by atoms with Gasteiger partial charge < -0.3 is 0 Å². The summed E-state index contributed by atoms with van der Waals surface area (Å²) in [6, 6.07) is 43.8. The summed E-state index contributed by atoms with van der Waals surface area (Å²) in [6.07, 6.45) is 44.1. The van der Waals surface area contributed by atoms with Gasteiger partial charge in [-0.15, -0.1) is 79.4 Å². The molecule has 3 aromatic carbocycles. The third kappa shape index (κ3) is 18.7. The Labute approximate surface area is 726 Å². The zero-order chi connectivity index (χ0) is 81.6. The third-order valence-corrected chi connectivity index (χ3v) is 46.2. The molecule has 4 atom stereocenters. The minimum absolute atomic E-state index is 0.171. The van der Waals surface area contributed by atoms with Crippen molar-refractivity contribution >= 4 is 161 Å². The fourth-order valence-electron chi connectivity index (χ4n) is 19.3. The molecule has 10 aromatic rings. The van der Waals surface area contributed by atoms with Gasteiger partial charge in [-0.1, -0.05) is 283 Å². The zero-order valence-corrected chi connectivity index (χ0v) is 79.8. The van der Waals surface area contributed by atoms with Gasteiger partial charge in [0.15, 0.2) is 16.1 Å². The first-order chi connectivity index (χ1) is 56.5. The fraction of sp³-hybridized carbons (Fsp3) is 0.505. The molecule has 0 N–H and O–H groups in total. The molecule has 0 saturated carbocycles. The monoisotopic (exact) mass is 1710 g/mol. The van der Waals surface area contributed by atoms with Crippen molar-refractivity contribution in [3.63, 3.8) is 0 Å². The second-order valence-corrected chi connectivity index (χ2v) is 50.6. The van der Waals surface area contributed by atoms with Crippen molar-refractivity contribution in [3.05, 3.63) is 173 Å². The van der Waals surface area contributed by atoms with Crippen LogP contribution in [0.25, 0.3) is 39.0 Å². The fourth-order valence-corrected chi connectivity index (χ4v) is 42.9. The topological polar surface area (TPSA) is 74.8 Å². The van der Waals surface area contributed by atoms with Crippen molar-refractivity contribution in [3.8, 4) is 39.0 Å². The molecule has 4 aliphatic rings. The molecular formula is C101H130N2O4S7Si2. The number of hydrogen-bond donors (Lipinski definition) is 0. The summed E-state index contributed by atoms with van der Waals surface area (Å²) >= 11 is 13.1. The van der Waals surface area contributed by atoms with Crippen LogP contribution in [0.3, 0.4) is 0 Å². The number of aryl methyl sites for hydroxylation is 8. The van der Waals surface area contributed by atoms with Gasteiger partial charge in [-0.2, -0.15) is 0 Å². The summed E-state index contributed by atoms with van der Waals surface area (Å²) in [5.74, 6) is 0.631. The van der Waals surface area contributed by atoms with Crippen LogP contribution in [-0.2, 0) is 25.7 Å². The lowest BCUT2D eigenvalue weighted by atomic mass is 10.0. The maximum absolute atomic E-state index is 14.5. The lowest BCUT2D eigenvalue weighted by molar-refractivity contribution is 0.0910. The molecule has 0 aliphatic carbocycles. The number of unbranched alkanes of at least 4 members (excludes halogenated alkanes) is 21. The SMILES string of the molecule is CCCCCCCCc1ccc(N2C(=O)c3c(C)sc(-c4cc5c(s4)-c4sc(C)cc4[Si]5(CC(CC)CCCC)c4ccc(CCCCCCC)s4)c3C2=O)cc1.CCCCCCCCc1ccc(N2C(=O)c3c(C)sc(-c4cc5c(s4)-c4sc(C)cc4[Si]5(CC(CC)CCCC)c4ccc(CCCCCCCC)cc4)c3C2=O)cc1. The van der Waals surface area contributed by atoms with Crippen molar-refractivity contribution in [2.24, 2.45) is 11.8 Å². The van der Waals surface area contributed by atoms with E-state index in [1.54, 1.807) is 47.6 Å². The number of imide groups is 2. The van der Waals surface area contributed by atoms with Crippen LogP contribution in [0, 0.1) is 39.5 Å². The number of amides is 4. The van der Waals surface area contributed by atoms with Crippen LogP contribution in [0.5, 0.6) is 0 Å². The highest BCUT2D eigenvalue weighted by molar-refractivity contribution is 7.39. The number of carbonyl (C=O) groups excluding carboxylic acids is 4. The molecule has 4 aliphatic heterocycles. The van der Waals surface area contributed by atoms with Crippen molar-refractivity contribution in [2.45, 2.75) is 320 Å². The van der Waals surface area contributed by atoms with Crippen LogP contribution >= 0.6 is 79.4 Å². The van der Waals surface area contributed by atoms with Gasteiger partial charge in [0, 0.05) is 58.1 Å². The Morgan fingerprint density at radius 2 is 0.647 bits per heavy atom. The molecule has 0 spiro atoms. The van der Waals surface area contributed by atoms with Crippen LogP contribution < -0.4 is 40.2 Å². The van der Waals surface area contributed by atoms with E-state index in [0.717, 1.165) is 48.5 Å². The number of carbonyl (C=O) groups is 4. The lowest BCUT2D eigenvalue weighted by Gasteiger charge is -2.33. The summed E-state index contributed by atoms with van der Waals surface area (Å²) in [6.45, 7) is 27.2. The second-order valence-electron chi connectivity index (χ2n) is 34.3. The smallest absolute Gasteiger partial charge is 0.267 e. The van der Waals surface area contributed by atoms with E-state index >= 15 is 0 Å². The highest BCUT2D eigenvalue weighted by Crippen LogP contribution is 2.52. The quantitative estimate of drug-likeness (QED) is 0.0217. The molecule has 4 unspecified atom stereocenters. The van der Waals surface area contributed by atoms with Crippen LogP contribution in [0.1, 0.15) is 337 Å². The molecule has 618 valence electrons. The molecule has 11 heterocycles. The summed E-state index contributed by atoms with van der Waals surface area (Å²) in [5, 5.41) is 7.87. The number of nitrogens with zero attached hydrogens (tertiary/aromatic N) is 2. The molecule has 7 aromatic heterocycles. The van der Waals surface area contributed by atoms with Crippen molar-refractivity contribution in [2.75, 3.05) is 9.80 Å².